The lowest BCUT2D eigenvalue weighted by molar-refractivity contribution is -0.138. The highest BCUT2D eigenvalue weighted by atomic mass is 32.1. The summed E-state index contributed by atoms with van der Waals surface area (Å²) in [5, 5.41) is 12.7. The molecule has 0 unspecified atom stereocenters. The second kappa shape index (κ2) is 14.3. The van der Waals surface area contributed by atoms with Gasteiger partial charge in [-0.1, -0.05) is 77.9 Å². The van der Waals surface area contributed by atoms with E-state index >= 15 is 0 Å². The molecule has 0 saturated carbocycles. The van der Waals surface area contributed by atoms with Gasteiger partial charge in [0, 0.05) is 40.8 Å². The van der Waals surface area contributed by atoms with Crippen LogP contribution in [0.4, 0.5) is 0 Å². The average molecular weight is 595 g/mol. The summed E-state index contributed by atoms with van der Waals surface area (Å²) in [5.41, 5.74) is 12.7. The van der Waals surface area contributed by atoms with Gasteiger partial charge in [-0.2, -0.15) is 0 Å². The first-order chi connectivity index (χ1) is 20.9. The van der Waals surface area contributed by atoms with Gasteiger partial charge < -0.3 is 20.3 Å². The zero-order chi connectivity index (χ0) is 30.2. The molecule has 6 nitrogen and oxygen atoms in total. The van der Waals surface area contributed by atoms with Crippen LogP contribution >= 0.6 is 11.3 Å². The number of carboxylic acids is 1. The van der Waals surface area contributed by atoms with Crippen molar-refractivity contribution in [3.05, 3.63) is 130 Å². The number of ether oxygens (including phenoxy) is 2. The molecule has 4 aromatic carbocycles. The fourth-order valence-electron chi connectivity index (χ4n) is 5.21. The molecule has 0 radical (unpaired) electrons. The van der Waals surface area contributed by atoms with E-state index in [9.17, 15) is 9.90 Å². The predicted molar refractivity (Wildman–Crippen MR) is 174 cm³/mol. The number of carbonyl (C=O) groups is 1. The van der Waals surface area contributed by atoms with Gasteiger partial charge in [0.15, 0.2) is 0 Å². The summed E-state index contributed by atoms with van der Waals surface area (Å²) in [6, 6.07) is 30.0. The van der Waals surface area contributed by atoms with Crippen molar-refractivity contribution in [3.63, 3.8) is 0 Å². The van der Waals surface area contributed by atoms with E-state index in [1.807, 2.05) is 36.4 Å². The Hall–Kier alpha value is -4.17. The van der Waals surface area contributed by atoms with Crippen molar-refractivity contribution >= 4 is 27.4 Å². The van der Waals surface area contributed by atoms with Crippen molar-refractivity contribution < 1.29 is 19.4 Å². The molecule has 5 aromatic rings. The van der Waals surface area contributed by atoms with Crippen LogP contribution in [0.25, 0.3) is 10.1 Å². The highest BCUT2D eigenvalue weighted by Crippen LogP contribution is 2.34. The van der Waals surface area contributed by atoms with Crippen LogP contribution in [0.1, 0.15) is 39.8 Å². The van der Waals surface area contributed by atoms with Crippen molar-refractivity contribution in [2.75, 3.05) is 6.54 Å². The zero-order valence-electron chi connectivity index (χ0n) is 24.7. The topological polar surface area (TPSA) is 85.0 Å². The number of benzene rings is 4. The summed E-state index contributed by atoms with van der Waals surface area (Å²) in [4.78, 5) is 13.8. The van der Waals surface area contributed by atoms with Crippen LogP contribution < -0.4 is 15.2 Å². The summed E-state index contributed by atoms with van der Waals surface area (Å²) in [5.74, 6) is 0.633. The molecule has 0 fully saturated rings. The molecule has 0 amide bonds. The minimum absolute atomic E-state index is 0.320. The number of fused-ring (bicyclic) bond motifs is 1. The van der Waals surface area contributed by atoms with Crippen molar-refractivity contribution in [2.24, 2.45) is 5.73 Å². The van der Waals surface area contributed by atoms with Crippen LogP contribution in [0.5, 0.6) is 11.5 Å². The Bertz CT molecular complexity index is 1680. The maximum Gasteiger partial charge on any atom is 0.320 e. The Labute approximate surface area is 257 Å². The van der Waals surface area contributed by atoms with Crippen molar-refractivity contribution in [2.45, 2.75) is 52.6 Å². The van der Waals surface area contributed by atoms with Crippen molar-refractivity contribution in [1.82, 2.24) is 4.90 Å². The number of para-hydroxylation sites is 1. The number of aliphatic carboxylic acids is 1. The maximum absolute atomic E-state index is 11.6. The number of thiophene rings is 1. The second-order valence-corrected chi connectivity index (χ2v) is 11.9. The quantitative estimate of drug-likeness (QED) is 0.139. The summed E-state index contributed by atoms with van der Waals surface area (Å²) < 4.78 is 13.9. The Balaban J connectivity index is 1.41. The SMILES string of the molecule is Cc1cccc(COc2ccccc2CN(CC[C@H](N)C(=O)O)Cc2c(OCc3cccc(C)c3)ccc3sccc23)c1. The molecule has 0 aliphatic rings. The minimum atomic E-state index is -0.996. The van der Waals surface area contributed by atoms with Crippen LogP contribution in [0, 0.1) is 13.8 Å². The van der Waals surface area contributed by atoms with Gasteiger partial charge in [0.05, 0.1) is 0 Å². The molecule has 3 N–H and O–H groups in total. The lowest BCUT2D eigenvalue weighted by Gasteiger charge is -2.26. The molecule has 1 aromatic heterocycles. The second-order valence-electron chi connectivity index (χ2n) is 11.0. The first-order valence-electron chi connectivity index (χ1n) is 14.5. The van der Waals surface area contributed by atoms with E-state index in [4.69, 9.17) is 15.2 Å². The molecule has 0 aliphatic heterocycles. The van der Waals surface area contributed by atoms with Crippen LogP contribution in [0.3, 0.4) is 0 Å². The van der Waals surface area contributed by atoms with Gasteiger partial charge in [0.25, 0.3) is 0 Å². The van der Waals surface area contributed by atoms with Gasteiger partial charge in [0.1, 0.15) is 30.8 Å². The van der Waals surface area contributed by atoms with Crippen LogP contribution in [-0.2, 0) is 31.1 Å². The number of nitrogens with zero attached hydrogens (tertiary/aromatic N) is 1. The molecular formula is C36H38N2O4S. The summed E-state index contributed by atoms with van der Waals surface area (Å²) in [6.07, 6.45) is 0.320. The molecule has 0 bridgehead atoms. The molecule has 7 heteroatoms. The summed E-state index contributed by atoms with van der Waals surface area (Å²) in [6.45, 7) is 6.71. The van der Waals surface area contributed by atoms with E-state index in [0.717, 1.165) is 39.1 Å². The van der Waals surface area contributed by atoms with Gasteiger partial charge in [-0.15, -0.1) is 11.3 Å². The fraction of sp³-hybridized carbons (Fsp3) is 0.250. The fourth-order valence-corrected chi connectivity index (χ4v) is 6.02. The molecule has 222 valence electrons. The number of hydrogen-bond donors (Lipinski definition) is 2. The molecule has 0 spiro atoms. The molecule has 1 atom stereocenters. The van der Waals surface area contributed by atoms with E-state index in [2.05, 4.69) is 78.7 Å². The first-order valence-corrected chi connectivity index (χ1v) is 15.4. The number of hydrogen-bond acceptors (Lipinski definition) is 6. The standard InChI is InChI=1S/C36H38N2O4S/c1-25-7-5-9-27(19-25)23-41-33-12-4-3-11-29(33)21-38(17-15-32(37)36(39)40)22-31-30-16-18-43-35(30)14-13-34(31)42-24-28-10-6-8-26(2)20-28/h3-14,16,18-20,32H,15,17,21-24,37H2,1-2H3,(H,39,40)/t32-/m0/s1. The Morgan fingerprint density at radius 1 is 0.837 bits per heavy atom. The largest absolute Gasteiger partial charge is 0.489 e. The number of aryl methyl sites for hydroxylation is 2. The first kappa shape index (κ1) is 30.3. The Morgan fingerprint density at radius 3 is 2.19 bits per heavy atom. The Morgan fingerprint density at radius 2 is 1.51 bits per heavy atom. The van der Waals surface area contributed by atoms with Gasteiger partial charge in [0.2, 0.25) is 0 Å². The number of rotatable bonds is 14. The van der Waals surface area contributed by atoms with E-state index in [1.165, 1.54) is 15.8 Å². The minimum Gasteiger partial charge on any atom is -0.489 e. The van der Waals surface area contributed by atoms with Crippen LogP contribution in [-0.4, -0.2) is 28.6 Å². The van der Waals surface area contributed by atoms with E-state index in [0.29, 0.717) is 39.3 Å². The van der Waals surface area contributed by atoms with Gasteiger partial charge in [-0.05, 0) is 61.0 Å². The third-order valence-electron chi connectivity index (χ3n) is 7.48. The highest BCUT2D eigenvalue weighted by molar-refractivity contribution is 7.17. The van der Waals surface area contributed by atoms with Crippen LogP contribution in [0.15, 0.2) is 96.4 Å². The smallest absolute Gasteiger partial charge is 0.320 e. The molecule has 0 aliphatic carbocycles. The van der Waals surface area contributed by atoms with Crippen molar-refractivity contribution in [1.29, 1.82) is 0 Å². The molecule has 5 rings (SSSR count). The van der Waals surface area contributed by atoms with Crippen molar-refractivity contribution in [3.8, 4) is 11.5 Å². The van der Waals surface area contributed by atoms with E-state index < -0.39 is 12.0 Å². The Kier molecular flexibility index (Phi) is 10.1. The van der Waals surface area contributed by atoms with Crippen LogP contribution in [0.2, 0.25) is 0 Å². The molecule has 0 saturated heterocycles. The summed E-state index contributed by atoms with van der Waals surface area (Å²) in [7, 11) is 0. The lowest BCUT2D eigenvalue weighted by atomic mass is 10.1. The van der Waals surface area contributed by atoms with E-state index in [1.54, 1.807) is 11.3 Å². The van der Waals surface area contributed by atoms with Gasteiger partial charge in [-0.25, -0.2) is 0 Å². The predicted octanol–water partition coefficient (Wildman–Crippen LogP) is 7.48. The van der Waals surface area contributed by atoms with E-state index in [-0.39, 0.29) is 0 Å². The average Bonchev–Trinajstić information content (AvgIpc) is 3.48. The number of nitrogens with two attached hydrogens (primary N) is 1. The highest BCUT2D eigenvalue weighted by Gasteiger charge is 2.19. The zero-order valence-corrected chi connectivity index (χ0v) is 25.5. The molecular weight excluding hydrogens is 556 g/mol. The molecule has 1 heterocycles. The maximum atomic E-state index is 11.6. The summed E-state index contributed by atoms with van der Waals surface area (Å²) >= 11 is 1.70. The number of carboxylic acid groups (broad SMARTS) is 1. The normalized spacial score (nSPS) is 12.0. The third-order valence-corrected chi connectivity index (χ3v) is 8.36. The monoisotopic (exact) mass is 594 g/mol. The molecule has 43 heavy (non-hydrogen) atoms. The van der Waals surface area contributed by atoms with Gasteiger partial charge >= 0.3 is 5.97 Å². The lowest BCUT2D eigenvalue weighted by Crippen LogP contribution is -2.35. The van der Waals surface area contributed by atoms with Gasteiger partial charge in [-0.3, -0.25) is 9.69 Å². The third kappa shape index (κ3) is 8.23.